The number of carbonyl (C=O) groups excluding carboxylic acids is 2. The smallest absolute Gasteiger partial charge is 0.434 e. The second kappa shape index (κ2) is 7.94. The van der Waals surface area contributed by atoms with Crippen molar-refractivity contribution in [3.8, 4) is 0 Å². The SMILES string of the molecule is CC(CCC(=O)[C@]1(C(=O)O)CCCN1)CN(O)C(=O)OC(C)(C)C. The van der Waals surface area contributed by atoms with Crippen LogP contribution in [0.3, 0.4) is 0 Å². The zero-order valence-electron chi connectivity index (χ0n) is 14.8. The molecule has 1 heterocycles. The molecule has 1 fully saturated rings. The van der Waals surface area contributed by atoms with Crippen LogP contribution in [0.5, 0.6) is 0 Å². The van der Waals surface area contributed by atoms with E-state index >= 15 is 0 Å². The number of hydrogen-bond donors (Lipinski definition) is 3. The van der Waals surface area contributed by atoms with Crippen LogP contribution in [0, 0.1) is 5.92 Å². The van der Waals surface area contributed by atoms with Crippen molar-refractivity contribution in [3.63, 3.8) is 0 Å². The molecule has 24 heavy (non-hydrogen) atoms. The number of carboxylic acid groups (broad SMARTS) is 1. The van der Waals surface area contributed by atoms with Crippen molar-refractivity contribution in [2.45, 2.75) is 64.5 Å². The van der Waals surface area contributed by atoms with Gasteiger partial charge in [-0.05, 0) is 52.5 Å². The van der Waals surface area contributed by atoms with Crippen molar-refractivity contribution in [1.29, 1.82) is 0 Å². The third kappa shape index (κ3) is 5.45. The normalized spacial score (nSPS) is 22.0. The van der Waals surface area contributed by atoms with Gasteiger partial charge in [-0.3, -0.25) is 15.3 Å². The van der Waals surface area contributed by atoms with Gasteiger partial charge in [0, 0.05) is 6.42 Å². The predicted molar refractivity (Wildman–Crippen MR) is 85.7 cm³/mol. The molecule has 0 aromatic carbocycles. The Morgan fingerprint density at radius 1 is 1.33 bits per heavy atom. The molecule has 8 nitrogen and oxygen atoms in total. The number of ether oxygens (including phenoxy) is 1. The van der Waals surface area contributed by atoms with E-state index in [-0.39, 0.29) is 24.7 Å². The first-order valence-electron chi connectivity index (χ1n) is 8.19. The summed E-state index contributed by atoms with van der Waals surface area (Å²) in [5.74, 6) is -1.69. The molecule has 138 valence electrons. The molecule has 0 radical (unpaired) electrons. The average Bonchev–Trinajstić information content (AvgIpc) is 2.93. The number of amides is 1. The fraction of sp³-hybridized carbons (Fsp3) is 0.812. The third-order valence-electron chi connectivity index (χ3n) is 3.95. The van der Waals surface area contributed by atoms with Crippen LogP contribution in [0.25, 0.3) is 0 Å². The van der Waals surface area contributed by atoms with Gasteiger partial charge in [-0.15, -0.1) is 0 Å². The number of Topliss-reactive ketones (excluding diaryl/α,β-unsaturated/α-hetero) is 1. The van der Waals surface area contributed by atoms with E-state index in [2.05, 4.69) is 5.32 Å². The van der Waals surface area contributed by atoms with E-state index in [1.807, 2.05) is 0 Å². The summed E-state index contributed by atoms with van der Waals surface area (Å²) in [5.41, 5.74) is -2.19. The summed E-state index contributed by atoms with van der Waals surface area (Å²) in [6, 6.07) is 0. The Labute approximate surface area is 142 Å². The minimum atomic E-state index is -1.48. The first kappa shape index (κ1) is 20.4. The van der Waals surface area contributed by atoms with Crippen molar-refractivity contribution in [2.75, 3.05) is 13.1 Å². The molecule has 1 unspecified atom stereocenters. The molecule has 1 aliphatic heterocycles. The van der Waals surface area contributed by atoms with Crippen LogP contribution in [0.15, 0.2) is 0 Å². The molecule has 2 atom stereocenters. The van der Waals surface area contributed by atoms with Crippen LogP contribution in [0.1, 0.15) is 53.4 Å². The quantitative estimate of drug-likeness (QED) is 0.366. The lowest BCUT2D eigenvalue weighted by molar-refractivity contribution is -0.149. The molecule has 0 saturated carbocycles. The van der Waals surface area contributed by atoms with E-state index in [4.69, 9.17) is 4.74 Å². The Morgan fingerprint density at radius 2 is 1.96 bits per heavy atom. The van der Waals surface area contributed by atoms with E-state index in [0.717, 1.165) is 0 Å². The summed E-state index contributed by atoms with van der Waals surface area (Å²) < 4.78 is 5.04. The molecule has 0 aliphatic carbocycles. The highest BCUT2D eigenvalue weighted by atomic mass is 16.6. The zero-order chi connectivity index (χ0) is 18.5. The number of hydrogen-bond acceptors (Lipinski definition) is 6. The monoisotopic (exact) mass is 344 g/mol. The summed E-state index contributed by atoms with van der Waals surface area (Å²) in [6.45, 7) is 7.38. The average molecular weight is 344 g/mol. The van der Waals surface area contributed by atoms with Gasteiger partial charge in [-0.1, -0.05) is 6.92 Å². The number of aliphatic carboxylic acids is 1. The second-order valence-electron chi connectivity index (χ2n) is 7.37. The van der Waals surface area contributed by atoms with Gasteiger partial charge in [0.05, 0.1) is 6.54 Å². The maximum atomic E-state index is 12.3. The van der Waals surface area contributed by atoms with Gasteiger partial charge >= 0.3 is 12.1 Å². The first-order chi connectivity index (χ1) is 11.0. The standard InChI is InChI=1S/C16H28N2O6/c1-11(10-18(23)14(22)24-15(2,3)4)6-7-12(19)16(13(20)21)8-5-9-17-16/h11,17,23H,5-10H2,1-4H3,(H,20,21)/t11?,16-/m0/s1. The number of rotatable bonds is 7. The lowest BCUT2D eigenvalue weighted by Gasteiger charge is -2.26. The Hall–Kier alpha value is -1.67. The van der Waals surface area contributed by atoms with Crippen LogP contribution in [-0.4, -0.2) is 57.5 Å². The molecule has 1 aliphatic rings. The van der Waals surface area contributed by atoms with Gasteiger partial charge in [-0.2, -0.15) is 5.06 Å². The number of carboxylic acids is 1. The molecule has 0 spiro atoms. The van der Waals surface area contributed by atoms with Crippen molar-refractivity contribution in [1.82, 2.24) is 10.4 Å². The summed E-state index contributed by atoms with van der Waals surface area (Å²) in [4.78, 5) is 35.4. The molecule has 1 rings (SSSR count). The summed E-state index contributed by atoms with van der Waals surface area (Å²) >= 11 is 0. The van der Waals surface area contributed by atoms with Crippen LogP contribution in [0.2, 0.25) is 0 Å². The molecule has 0 aromatic rings. The van der Waals surface area contributed by atoms with E-state index in [0.29, 0.717) is 30.9 Å². The lowest BCUT2D eigenvalue weighted by atomic mass is 9.88. The largest absolute Gasteiger partial charge is 0.480 e. The highest BCUT2D eigenvalue weighted by molar-refractivity contribution is 6.08. The van der Waals surface area contributed by atoms with Gasteiger partial charge in [0.25, 0.3) is 0 Å². The lowest BCUT2D eigenvalue weighted by Crippen LogP contribution is -2.54. The van der Waals surface area contributed by atoms with E-state index < -0.39 is 23.2 Å². The molecular weight excluding hydrogens is 316 g/mol. The third-order valence-corrected chi connectivity index (χ3v) is 3.95. The van der Waals surface area contributed by atoms with Crippen LogP contribution in [-0.2, 0) is 14.3 Å². The Balaban J connectivity index is 2.48. The van der Waals surface area contributed by atoms with Crippen molar-refractivity contribution >= 4 is 17.8 Å². The highest BCUT2D eigenvalue weighted by Gasteiger charge is 2.47. The Bertz CT molecular complexity index is 479. The van der Waals surface area contributed by atoms with Gasteiger partial charge < -0.3 is 9.84 Å². The first-order valence-corrected chi connectivity index (χ1v) is 8.19. The molecule has 0 aromatic heterocycles. The van der Waals surface area contributed by atoms with Crippen LogP contribution >= 0.6 is 0 Å². The summed E-state index contributed by atoms with van der Waals surface area (Å²) in [6.07, 6.45) is 0.536. The van der Waals surface area contributed by atoms with Gasteiger partial charge in [0.15, 0.2) is 11.3 Å². The van der Waals surface area contributed by atoms with Crippen molar-refractivity contribution in [3.05, 3.63) is 0 Å². The summed E-state index contributed by atoms with van der Waals surface area (Å²) in [7, 11) is 0. The number of ketones is 1. The topological polar surface area (TPSA) is 116 Å². The van der Waals surface area contributed by atoms with Crippen molar-refractivity contribution < 1.29 is 29.4 Å². The zero-order valence-corrected chi connectivity index (χ0v) is 14.8. The number of nitrogens with one attached hydrogen (secondary N) is 1. The summed E-state index contributed by atoms with van der Waals surface area (Å²) in [5, 5.41) is 22.3. The molecule has 0 bridgehead atoms. The van der Waals surface area contributed by atoms with E-state index in [1.165, 1.54) is 0 Å². The highest BCUT2D eigenvalue weighted by Crippen LogP contribution is 2.24. The Morgan fingerprint density at radius 3 is 2.42 bits per heavy atom. The van der Waals surface area contributed by atoms with Gasteiger partial charge in [-0.25, -0.2) is 9.59 Å². The number of nitrogens with zero attached hydrogens (tertiary/aromatic N) is 1. The van der Waals surface area contributed by atoms with Crippen LogP contribution < -0.4 is 5.32 Å². The molecule has 1 amide bonds. The maximum absolute atomic E-state index is 12.3. The van der Waals surface area contributed by atoms with Gasteiger partial charge in [0.2, 0.25) is 0 Å². The molecule has 3 N–H and O–H groups in total. The van der Waals surface area contributed by atoms with E-state index in [9.17, 15) is 24.7 Å². The maximum Gasteiger partial charge on any atom is 0.434 e. The Kier molecular flexibility index (Phi) is 6.74. The minimum absolute atomic E-state index is 0.00962. The molecular formula is C16H28N2O6. The number of hydroxylamine groups is 2. The molecule has 1 saturated heterocycles. The van der Waals surface area contributed by atoms with E-state index in [1.54, 1.807) is 27.7 Å². The fourth-order valence-electron chi connectivity index (χ4n) is 2.65. The van der Waals surface area contributed by atoms with Crippen LogP contribution in [0.4, 0.5) is 4.79 Å². The fourth-order valence-corrected chi connectivity index (χ4v) is 2.65. The van der Waals surface area contributed by atoms with Gasteiger partial charge in [0.1, 0.15) is 5.60 Å². The second-order valence-corrected chi connectivity index (χ2v) is 7.37. The molecule has 8 heteroatoms. The van der Waals surface area contributed by atoms with Crippen molar-refractivity contribution in [2.24, 2.45) is 5.92 Å². The predicted octanol–water partition coefficient (Wildman–Crippen LogP) is 1.80. The number of carbonyl (C=O) groups is 3. The minimum Gasteiger partial charge on any atom is -0.480 e.